The maximum Gasteiger partial charge on any atom is 0.194 e. The van der Waals surface area contributed by atoms with E-state index in [1.807, 2.05) is 19.1 Å². The summed E-state index contributed by atoms with van der Waals surface area (Å²) in [6, 6.07) is 6.43. The van der Waals surface area contributed by atoms with Crippen molar-refractivity contribution in [3.8, 4) is 0 Å². The third kappa shape index (κ3) is 3.33. The molecule has 0 saturated carbocycles. The third-order valence-electron chi connectivity index (χ3n) is 5.01. The minimum Gasteiger partial charge on any atom is -0.207 e. The number of fused-ring (bicyclic) bond motifs is 1. The van der Waals surface area contributed by atoms with Gasteiger partial charge in [-0.1, -0.05) is 19.1 Å². The standard InChI is InChI=1S/C20H20F4/c1-2-12-3-6-14(17(21)10-12)7-4-13-5-8-16-15(9-13)11-18(22)20(24)19(16)23/h3,6,10-11,13H,2,4-5,7-9H2,1H3. The first-order chi connectivity index (χ1) is 11.5. The van der Waals surface area contributed by atoms with E-state index in [1.54, 1.807) is 6.07 Å². The van der Waals surface area contributed by atoms with Gasteiger partial charge in [-0.2, -0.15) is 0 Å². The molecule has 0 saturated heterocycles. The number of aryl methyl sites for hydroxylation is 2. The molecule has 0 heterocycles. The van der Waals surface area contributed by atoms with Crippen molar-refractivity contribution in [1.82, 2.24) is 0 Å². The molecule has 2 aromatic rings. The van der Waals surface area contributed by atoms with Crippen molar-refractivity contribution in [1.29, 1.82) is 0 Å². The summed E-state index contributed by atoms with van der Waals surface area (Å²) in [5.41, 5.74) is 2.48. The molecule has 24 heavy (non-hydrogen) atoms. The number of halogens is 4. The fourth-order valence-electron chi connectivity index (χ4n) is 3.52. The Morgan fingerprint density at radius 1 is 1.00 bits per heavy atom. The molecule has 128 valence electrons. The Bertz CT molecular complexity index is 752. The van der Waals surface area contributed by atoms with Crippen LogP contribution < -0.4 is 0 Å². The second-order valence-corrected chi connectivity index (χ2v) is 6.55. The van der Waals surface area contributed by atoms with E-state index >= 15 is 0 Å². The Morgan fingerprint density at radius 2 is 1.79 bits per heavy atom. The number of hydrogen-bond donors (Lipinski definition) is 0. The highest BCUT2D eigenvalue weighted by atomic mass is 19.2. The van der Waals surface area contributed by atoms with Crippen LogP contribution in [0.1, 0.15) is 42.0 Å². The van der Waals surface area contributed by atoms with Gasteiger partial charge in [-0.05, 0) is 78.8 Å². The third-order valence-corrected chi connectivity index (χ3v) is 5.01. The molecule has 1 aliphatic carbocycles. The van der Waals surface area contributed by atoms with E-state index in [0.29, 0.717) is 42.4 Å². The van der Waals surface area contributed by atoms with Crippen molar-refractivity contribution < 1.29 is 17.6 Å². The highest BCUT2D eigenvalue weighted by Crippen LogP contribution is 2.32. The molecule has 0 aromatic heterocycles. The summed E-state index contributed by atoms with van der Waals surface area (Å²) in [5.74, 6) is -3.53. The zero-order valence-corrected chi connectivity index (χ0v) is 13.6. The van der Waals surface area contributed by atoms with E-state index in [1.165, 1.54) is 0 Å². The molecule has 0 bridgehead atoms. The zero-order chi connectivity index (χ0) is 17.3. The molecule has 1 atom stereocenters. The fraction of sp³-hybridized carbons (Fsp3) is 0.400. The van der Waals surface area contributed by atoms with Gasteiger partial charge in [-0.25, -0.2) is 17.6 Å². The van der Waals surface area contributed by atoms with Crippen LogP contribution in [-0.2, 0) is 25.7 Å². The summed E-state index contributed by atoms with van der Waals surface area (Å²) in [6.45, 7) is 1.98. The van der Waals surface area contributed by atoms with E-state index in [4.69, 9.17) is 0 Å². The monoisotopic (exact) mass is 336 g/mol. The molecule has 0 N–H and O–H groups in total. The minimum atomic E-state index is -1.38. The van der Waals surface area contributed by atoms with Crippen LogP contribution in [0.25, 0.3) is 0 Å². The summed E-state index contributed by atoms with van der Waals surface area (Å²) < 4.78 is 54.5. The van der Waals surface area contributed by atoms with Crippen LogP contribution in [0.2, 0.25) is 0 Å². The van der Waals surface area contributed by atoms with Crippen LogP contribution >= 0.6 is 0 Å². The first kappa shape index (κ1) is 17.0. The molecule has 0 spiro atoms. The van der Waals surface area contributed by atoms with Crippen molar-refractivity contribution in [2.24, 2.45) is 5.92 Å². The van der Waals surface area contributed by atoms with Crippen LogP contribution in [0.5, 0.6) is 0 Å². The van der Waals surface area contributed by atoms with E-state index in [-0.39, 0.29) is 11.7 Å². The molecule has 4 heteroatoms. The Balaban J connectivity index is 1.68. The lowest BCUT2D eigenvalue weighted by Crippen LogP contribution is -2.18. The lowest BCUT2D eigenvalue weighted by atomic mass is 9.80. The summed E-state index contributed by atoms with van der Waals surface area (Å²) in [4.78, 5) is 0. The van der Waals surface area contributed by atoms with E-state index in [0.717, 1.165) is 24.5 Å². The van der Waals surface area contributed by atoms with Gasteiger partial charge in [0.1, 0.15) is 5.82 Å². The number of hydrogen-bond acceptors (Lipinski definition) is 0. The van der Waals surface area contributed by atoms with Crippen LogP contribution in [0.4, 0.5) is 17.6 Å². The molecule has 1 aliphatic rings. The van der Waals surface area contributed by atoms with Crippen LogP contribution in [0, 0.1) is 29.2 Å². The number of benzene rings is 2. The molecule has 0 amide bonds. The molecule has 0 fully saturated rings. The Morgan fingerprint density at radius 3 is 2.50 bits per heavy atom. The van der Waals surface area contributed by atoms with Crippen LogP contribution in [-0.4, -0.2) is 0 Å². The Labute approximate surface area is 139 Å². The predicted molar refractivity (Wildman–Crippen MR) is 85.9 cm³/mol. The summed E-state index contributed by atoms with van der Waals surface area (Å²) in [5, 5.41) is 0. The first-order valence-corrected chi connectivity index (χ1v) is 8.42. The summed E-state index contributed by atoms with van der Waals surface area (Å²) >= 11 is 0. The summed E-state index contributed by atoms with van der Waals surface area (Å²) in [7, 11) is 0. The predicted octanol–water partition coefficient (Wildman–Crippen LogP) is 5.54. The lowest BCUT2D eigenvalue weighted by Gasteiger charge is -2.25. The largest absolute Gasteiger partial charge is 0.207 e. The SMILES string of the molecule is CCc1ccc(CCC2CCc3c(cc(F)c(F)c3F)C2)c(F)c1. The molecular weight excluding hydrogens is 316 g/mol. The Hall–Kier alpha value is -1.84. The quantitative estimate of drug-likeness (QED) is 0.508. The molecule has 0 aliphatic heterocycles. The molecule has 1 unspecified atom stereocenters. The van der Waals surface area contributed by atoms with Gasteiger partial charge >= 0.3 is 0 Å². The zero-order valence-electron chi connectivity index (χ0n) is 13.6. The molecular formula is C20H20F4. The van der Waals surface area contributed by atoms with Crippen molar-refractivity contribution in [2.45, 2.75) is 45.4 Å². The average molecular weight is 336 g/mol. The maximum absolute atomic E-state index is 14.0. The molecule has 3 rings (SSSR count). The normalized spacial score (nSPS) is 17.0. The highest BCUT2D eigenvalue weighted by molar-refractivity contribution is 5.33. The highest BCUT2D eigenvalue weighted by Gasteiger charge is 2.25. The van der Waals surface area contributed by atoms with Gasteiger partial charge < -0.3 is 0 Å². The van der Waals surface area contributed by atoms with Crippen molar-refractivity contribution >= 4 is 0 Å². The smallest absolute Gasteiger partial charge is 0.194 e. The molecule has 2 aromatic carbocycles. The molecule has 0 radical (unpaired) electrons. The topological polar surface area (TPSA) is 0 Å². The minimum absolute atomic E-state index is 0.190. The van der Waals surface area contributed by atoms with E-state index < -0.39 is 17.5 Å². The van der Waals surface area contributed by atoms with E-state index in [2.05, 4.69) is 0 Å². The summed E-state index contributed by atoms with van der Waals surface area (Å²) in [6.07, 6.45) is 3.77. The van der Waals surface area contributed by atoms with Gasteiger partial charge in [0, 0.05) is 0 Å². The second kappa shape index (κ2) is 6.96. The number of rotatable bonds is 4. The van der Waals surface area contributed by atoms with Gasteiger partial charge in [-0.3, -0.25) is 0 Å². The van der Waals surface area contributed by atoms with Gasteiger partial charge in [0.15, 0.2) is 17.5 Å². The lowest BCUT2D eigenvalue weighted by molar-refractivity contribution is 0.392. The average Bonchev–Trinajstić information content (AvgIpc) is 2.58. The Kier molecular flexibility index (Phi) is 4.93. The first-order valence-electron chi connectivity index (χ1n) is 8.42. The van der Waals surface area contributed by atoms with E-state index in [9.17, 15) is 17.6 Å². The van der Waals surface area contributed by atoms with Crippen molar-refractivity contribution in [2.75, 3.05) is 0 Å². The van der Waals surface area contributed by atoms with Crippen LogP contribution in [0.15, 0.2) is 24.3 Å². The fourth-order valence-corrected chi connectivity index (χ4v) is 3.52. The van der Waals surface area contributed by atoms with Gasteiger partial charge in [0.05, 0.1) is 0 Å². The second-order valence-electron chi connectivity index (χ2n) is 6.55. The van der Waals surface area contributed by atoms with Crippen molar-refractivity contribution in [3.05, 3.63) is 69.8 Å². The van der Waals surface area contributed by atoms with Crippen molar-refractivity contribution in [3.63, 3.8) is 0 Å². The maximum atomic E-state index is 14.0. The van der Waals surface area contributed by atoms with Gasteiger partial charge in [-0.15, -0.1) is 0 Å². The van der Waals surface area contributed by atoms with Gasteiger partial charge in [0.25, 0.3) is 0 Å². The molecule has 0 nitrogen and oxygen atoms in total. The van der Waals surface area contributed by atoms with Gasteiger partial charge in [0.2, 0.25) is 0 Å². The van der Waals surface area contributed by atoms with Crippen LogP contribution in [0.3, 0.4) is 0 Å².